The zero-order valence-corrected chi connectivity index (χ0v) is 11.3. The van der Waals surface area contributed by atoms with Crippen LogP contribution in [0.5, 0.6) is 5.75 Å². The summed E-state index contributed by atoms with van der Waals surface area (Å²) in [5, 5.41) is 4.61. The first-order valence-electron chi connectivity index (χ1n) is 6.39. The maximum Gasteiger partial charge on any atom is 0.119 e. The van der Waals surface area contributed by atoms with Gasteiger partial charge in [-0.15, -0.1) is 0 Å². The lowest BCUT2D eigenvalue weighted by Crippen LogP contribution is -2.14. The third-order valence-corrected chi connectivity index (χ3v) is 2.97. The predicted octanol–water partition coefficient (Wildman–Crippen LogP) is 3.05. The van der Waals surface area contributed by atoms with Gasteiger partial charge >= 0.3 is 0 Å². The molecule has 0 saturated heterocycles. The molecule has 1 heterocycles. The Morgan fingerprint density at radius 2 is 2.11 bits per heavy atom. The Labute approximate surface area is 108 Å². The van der Waals surface area contributed by atoms with E-state index in [9.17, 15) is 0 Å². The number of hydrogen-bond donors (Lipinski definition) is 1. The van der Waals surface area contributed by atoms with E-state index in [0.717, 1.165) is 36.5 Å². The van der Waals surface area contributed by atoms with Crippen LogP contribution in [0.3, 0.4) is 0 Å². The molecule has 0 spiro atoms. The van der Waals surface area contributed by atoms with E-state index in [1.807, 2.05) is 19.1 Å². The summed E-state index contributed by atoms with van der Waals surface area (Å²) in [5.41, 5.74) is 3.37. The fourth-order valence-corrected chi connectivity index (χ4v) is 2.10. The summed E-state index contributed by atoms with van der Waals surface area (Å²) in [6, 6.07) is 8.18. The molecule has 3 heteroatoms. The van der Waals surface area contributed by atoms with E-state index in [1.54, 1.807) is 7.11 Å². The minimum atomic E-state index is 0.876. The number of nitrogens with zero attached hydrogens (tertiary/aromatic N) is 1. The van der Waals surface area contributed by atoms with Gasteiger partial charge in [0, 0.05) is 17.6 Å². The minimum Gasteiger partial charge on any atom is -0.497 e. The highest BCUT2D eigenvalue weighted by molar-refractivity contribution is 5.83. The molecule has 0 aliphatic rings. The number of aryl methyl sites for hydroxylation is 1. The molecule has 0 amide bonds. The van der Waals surface area contributed by atoms with Crippen LogP contribution in [-0.2, 0) is 6.54 Å². The van der Waals surface area contributed by atoms with Crippen LogP contribution in [0.25, 0.3) is 10.9 Å². The first-order valence-corrected chi connectivity index (χ1v) is 6.39. The van der Waals surface area contributed by atoms with E-state index in [2.05, 4.69) is 29.4 Å². The Morgan fingerprint density at radius 1 is 1.28 bits per heavy atom. The van der Waals surface area contributed by atoms with Crippen molar-refractivity contribution in [3.63, 3.8) is 0 Å². The summed E-state index contributed by atoms with van der Waals surface area (Å²) in [4.78, 5) is 4.56. The number of ether oxygens (including phenoxy) is 1. The van der Waals surface area contributed by atoms with Crippen LogP contribution in [0.15, 0.2) is 24.3 Å². The monoisotopic (exact) mass is 244 g/mol. The number of aromatic nitrogens is 1. The molecule has 0 atom stereocenters. The third kappa shape index (κ3) is 2.79. The van der Waals surface area contributed by atoms with Crippen LogP contribution >= 0.6 is 0 Å². The van der Waals surface area contributed by atoms with E-state index in [0.29, 0.717) is 0 Å². The van der Waals surface area contributed by atoms with Crippen molar-refractivity contribution in [1.82, 2.24) is 10.3 Å². The van der Waals surface area contributed by atoms with Gasteiger partial charge in [0.25, 0.3) is 0 Å². The molecule has 0 aliphatic heterocycles. The molecule has 2 aromatic rings. The normalized spacial score (nSPS) is 10.8. The largest absolute Gasteiger partial charge is 0.497 e. The van der Waals surface area contributed by atoms with Crippen LogP contribution in [0.4, 0.5) is 0 Å². The highest BCUT2D eigenvalue weighted by Crippen LogP contribution is 2.23. The van der Waals surface area contributed by atoms with Crippen molar-refractivity contribution in [2.45, 2.75) is 26.8 Å². The lowest BCUT2D eigenvalue weighted by Gasteiger charge is -2.10. The number of pyridine rings is 1. The average Bonchev–Trinajstić information content (AvgIpc) is 2.38. The van der Waals surface area contributed by atoms with Gasteiger partial charge in [-0.3, -0.25) is 4.98 Å². The Balaban J connectivity index is 2.41. The molecule has 1 N–H and O–H groups in total. The summed E-state index contributed by atoms with van der Waals surface area (Å²) in [6.07, 6.45) is 1.14. The van der Waals surface area contributed by atoms with E-state index < -0.39 is 0 Å². The van der Waals surface area contributed by atoms with Crippen molar-refractivity contribution in [2.75, 3.05) is 13.7 Å². The lowest BCUT2D eigenvalue weighted by atomic mass is 10.1. The Kier molecular flexibility index (Phi) is 4.15. The summed E-state index contributed by atoms with van der Waals surface area (Å²) >= 11 is 0. The molecule has 3 nitrogen and oxygen atoms in total. The summed E-state index contributed by atoms with van der Waals surface area (Å²) in [6.45, 7) is 6.12. The Hall–Kier alpha value is -1.61. The van der Waals surface area contributed by atoms with Gasteiger partial charge in [-0.05, 0) is 49.7 Å². The SMILES string of the molecule is CCCNCc1cc(C)nc2ccc(OC)cc12. The fourth-order valence-electron chi connectivity index (χ4n) is 2.10. The van der Waals surface area contributed by atoms with Crippen molar-refractivity contribution in [2.24, 2.45) is 0 Å². The maximum absolute atomic E-state index is 5.28. The van der Waals surface area contributed by atoms with Crippen LogP contribution in [0, 0.1) is 6.92 Å². The number of nitrogens with one attached hydrogen (secondary N) is 1. The number of hydrogen-bond acceptors (Lipinski definition) is 3. The standard InChI is InChI=1S/C15H20N2O/c1-4-7-16-10-12-8-11(2)17-15-6-5-13(18-3)9-14(12)15/h5-6,8-9,16H,4,7,10H2,1-3H3. The molecule has 0 fully saturated rings. The second-order valence-electron chi connectivity index (χ2n) is 4.48. The lowest BCUT2D eigenvalue weighted by molar-refractivity contribution is 0.415. The van der Waals surface area contributed by atoms with Crippen molar-refractivity contribution in [1.29, 1.82) is 0 Å². The first-order chi connectivity index (χ1) is 8.74. The molecular formula is C15H20N2O. The highest BCUT2D eigenvalue weighted by atomic mass is 16.5. The number of rotatable bonds is 5. The summed E-state index contributed by atoms with van der Waals surface area (Å²) in [7, 11) is 1.69. The number of methoxy groups -OCH3 is 1. The first kappa shape index (κ1) is 12.8. The number of fused-ring (bicyclic) bond motifs is 1. The highest BCUT2D eigenvalue weighted by Gasteiger charge is 2.05. The molecule has 1 aromatic heterocycles. The topological polar surface area (TPSA) is 34.2 Å². The second kappa shape index (κ2) is 5.83. The van der Waals surface area contributed by atoms with E-state index in [-0.39, 0.29) is 0 Å². The predicted molar refractivity (Wildman–Crippen MR) is 75.0 cm³/mol. The van der Waals surface area contributed by atoms with Crippen LogP contribution in [0.1, 0.15) is 24.6 Å². The fraction of sp³-hybridized carbons (Fsp3) is 0.400. The molecule has 0 aliphatic carbocycles. The number of benzene rings is 1. The zero-order chi connectivity index (χ0) is 13.0. The average molecular weight is 244 g/mol. The van der Waals surface area contributed by atoms with Crippen LogP contribution in [-0.4, -0.2) is 18.6 Å². The van der Waals surface area contributed by atoms with Gasteiger partial charge < -0.3 is 10.1 Å². The van der Waals surface area contributed by atoms with Crippen molar-refractivity contribution in [3.05, 3.63) is 35.5 Å². The maximum atomic E-state index is 5.28. The van der Waals surface area contributed by atoms with E-state index in [1.165, 1.54) is 10.9 Å². The van der Waals surface area contributed by atoms with Gasteiger partial charge in [0.05, 0.1) is 12.6 Å². The molecule has 96 valence electrons. The molecule has 0 bridgehead atoms. The molecule has 0 saturated carbocycles. The molecule has 1 aromatic carbocycles. The van der Waals surface area contributed by atoms with E-state index >= 15 is 0 Å². The van der Waals surface area contributed by atoms with Crippen LogP contribution in [0.2, 0.25) is 0 Å². The molecule has 18 heavy (non-hydrogen) atoms. The van der Waals surface area contributed by atoms with Crippen molar-refractivity contribution < 1.29 is 4.74 Å². The van der Waals surface area contributed by atoms with Gasteiger partial charge in [-0.25, -0.2) is 0 Å². The van der Waals surface area contributed by atoms with Crippen molar-refractivity contribution >= 4 is 10.9 Å². The second-order valence-corrected chi connectivity index (χ2v) is 4.48. The smallest absolute Gasteiger partial charge is 0.119 e. The zero-order valence-electron chi connectivity index (χ0n) is 11.3. The molecular weight excluding hydrogens is 224 g/mol. The van der Waals surface area contributed by atoms with Gasteiger partial charge in [0.15, 0.2) is 0 Å². The van der Waals surface area contributed by atoms with Crippen molar-refractivity contribution in [3.8, 4) is 5.75 Å². The Morgan fingerprint density at radius 3 is 2.83 bits per heavy atom. The summed E-state index contributed by atoms with van der Waals surface area (Å²) < 4.78 is 5.28. The van der Waals surface area contributed by atoms with Gasteiger partial charge in [-0.1, -0.05) is 6.92 Å². The third-order valence-electron chi connectivity index (χ3n) is 2.97. The van der Waals surface area contributed by atoms with E-state index in [4.69, 9.17) is 4.74 Å². The van der Waals surface area contributed by atoms with Crippen LogP contribution < -0.4 is 10.1 Å². The molecule has 0 radical (unpaired) electrons. The molecule has 2 rings (SSSR count). The summed E-state index contributed by atoms with van der Waals surface area (Å²) in [5.74, 6) is 0.880. The molecule has 0 unspecified atom stereocenters. The van der Waals surface area contributed by atoms with Gasteiger partial charge in [0.2, 0.25) is 0 Å². The Bertz CT molecular complexity index is 537. The van der Waals surface area contributed by atoms with Gasteiger partial charge in [0.1, 0.15) is 5.75 Å². The quantitative estimate of drug-likeness (QED) is 0.821. The minimum absolute atomic E-state index is 0.876. The van der Waals surface area contributed by atoms with Gasteiger partial charge in [-0.2, -0.15) is 0 Å².